The first-order valence-corrected chi connectivity index (χ1v) is 7.84. The van der Waals surface area contributed by atoms with Crippen LogP contribution >= 0.6 is 27.3 Å². The number of thiophene rings is 1. The Morgan fingerprint density at radius 2 is 2.00 bits per heavy atom. The third kappa shape index (κ3) is 2.34. The van der Waals surface area contributed by atoms with Crippen LogP contribution in [-0.2, 0) is 4.79 Å². The predicted octanol–water partition coefficient (Wildman–Crippen LogP) is 3.23. The Bertz CT molecular complexity index is 781. The fraction of sp³-hybridized carbons (Fsp3) is 0.133. The topological polar surface area (TPSA) is 54.5 Å². The molecule has 1 aliphatic rings. The van der Waals surface area contributed by atoms with Gasteiger partial charge in [0.1, 0.15) is 0 Å². The molecule has 3 rings (SSSR count). The normalized spacial score (nSPS) is 13.7. The molecule has 0 radical (unpaired) electrons. The Morgan fingerprint density at radius 1 is 1.24 bits per heavy atom. The van der Waals surface area contributed by atoms with Crippen molar-refractivity contribution < 1.29 is 14.4 Å². The van der Waals surface area contributed by atoms with Crippen LogP contribution in [0.5, 0.6) is 0 Å². The number of anilines is 1. The second kappa shape index (κ2) is 5.20. The maximum atomic E-state index is 12.3. The summed E-state index contributed by atoms with van der Waals surface area (Å²) in [7, 11) is 0. The van der Waals surface area contributed by atoms with Gasteiger partial charge in [0, 0.05) is 9.35 Å². The van der Waals surface area contributed by atoms with E-state index in [1.807, 2.05) is 13.0 Å². The number of hydrogen-bond acceptors (Lipinski definition) is 4. The summed E-state index contributed by atoms with van der Waals surface area (Å²) in [5.74, 6) is -1.39. The number of hydrogen-bond donors (Lipinski definition) is 0. The maximum absolute atomic E-state index is 12.3. The zero-order valence-corrected chi connectivity index (χ0v) is 13.5. The van der Waals surface area contributed by atoms with E-state index in [4.69, 9.17) is 0 Å². The molecule has 0 fully saturated rings. The number of benzene rings is 1. The van der Waals surface area contributed by atoms with Crippen molar-refractivity contribution >= 4 is 50.4 Å². The monoisotopic (exact) mass is 363 g/mol. The molecule has 0 aliphatic carbocycles. The lowest BCUT2D eigenvalue weighted by atomic mass is 10.1. The third-order valence-corrected chi connectivity index (χ3v) is 4.94. The maximum Gasteiger partial charge on any atom is 0.299 e. The van der Waals surface area contributed by atoms with Gasteiger partial charge in [-0.05, 0) is 47.1 Å². The van der Waals surface area contributed by atoms with Gasteiger partial charge < -0.3 is 0 Å². The highest BCUT2D eigenvalue weighted by Crippen LogP contribution is 2.36. The summed E-state index contributed by atoms with van der Waals surface area (Å²) >= 11 is 4.72. The molecule has 0 atom stereocenters. The molecule has 1 aromatic heterocycles. The molecule has 106 valence electrons. The fourth-order valence-corrected chi connectivity index (χ4v) is 3.65. The molecule has 21 heavy (non-hydrogen) atoms. The number of ketones is 2. The molecule has 1 amide bonds. The van der Waals surface area contributed by atoms with Gasteiger partial charge in [0.2, 0.25) is 0 Å². The molecule has 6 heteroatoms. The molecule has 0 spiro atoms. The smallest absolute Gasteiger partial charge is 0.296 e. The molecular formula is C15H10BrNO3S. The van der Waals surface area contributed by atoms with Gasteiger partial charge in [-0.3, -0.25) is 19.3 Å². The van der Waals surface area contributed by atoms with Crippen molar-refractivity contribution in [3.63, 3.8) is 0 Å². The van der Waals surface area contributed by atoms with Gasteiger partial charge >= 0.3 is 0 Å². The number of halogens is 1. The van der Waals surface area contributed by atoms with Gasteiger partial charge in [0.25, 0.3) is 11.7 Å². The van der Waals surface area contributed by atoms with Crippen LogP contribution in [0.3, 0.4) is 0 Å². The molecule has 2 aromatic rings. The van der Waals surface area contributed by atoms with Crippen molar-refractivity contribution in [1.29, 1.82) is 0 Å². The van der Waals surface area contributed by atoms with Crippen LogP contribution in [0.15, 0.2) is 34.8 Å². The van der Waals surface area contributed by atoms with Gasteiger partial charge in [-0.25, -0.2) is 0 Å². The number of aryl methyl sites for hydroxylation is 1. The molecular weight excluding hydrogens is 354 g/mol. The number of nitrogens with zero attached hydrogens (tertiary/aromatic N) is 1. The highest BCUT2D eigenvalue weighted by molar-refractivity contribution is 9.10. The molecule has 0 saturated carbocycles. The van der Waals surface area contributed by atoms with Crippen LogP contribution < -0.4 is 4.90 Å². The second-order valence-corrected chi connectivity index (χ2v) is 6.83. The van der Waals surface area contributed by atoms with E-state index in [1.54, 1.807) is 24.3 Å². The van der Waals surface area contributed by atoms with Gasteiger partial charge in [-0.1, -0.05) is 6.07 Å². The first-order valence-electron chi connectivity index (χ1n) is 6.23. The quantitative estimate of drug-likeness (QED) is 0.621. The van der Waals surface area contributed by atoms with Crippen LogP contribution in [0.4, 0.5) is 5.69 Å². The number of fused-ring (bicyclic) bond motifs is 1. The number of rotatable bonds is 3. The van der Waals surface area contributed by atoms with Gasteiger partial charge in [0.15, 0.2) is 5.78 Å². The van der Waals surface area contributed by atoms with Crippen LogP contribution in [0.25, 0.3) is 0 Å². The summed E-state index contributed by atoms with van der Waals surface area (Å²) < 4.78 is 0.634. The summed E-state index contributed by atoms with van der Waals surface area (Å²) in [6.45, 7) is 1.79. The lowest BCUT2D eigenvalue weighted by Crippen LogP contribution is -2.34. The standard InChI is InChI=1S/C15H10BrNO3S/c1-8-5-6-12(21-8)11(18)7-17-13-9(14(19)15(17)20)3-2-4-10(13)16/h2-6H,7H2,1H3. The summed E-state index contributed by atoms with van der Waals surface area (Å²) in [6, 6.07) is 8.64. The van der Waals surface area contributed by atoms with Gasteiger partial charge in [0.05, 0.1) is 22.7 Å². The zero-order chi connectivity index (χ0) is 15.1. The molecule has 0 unspecified atom stereocenters. The first-order chi connectivity index (χ1) is 9.99. The van der Waals surface area contributed by atoms with E-state index in [9.17, 15) is 14.4 Å². The zero-order valence-electron chi connectivity index (χ0n) is 11.1. The highest BCUT2D eigenvalue weighted by Gasteiger charge is 2.38. The Labute approximate surface area is 133 Å². The van der Waals surface area contributed by atoms with Crippen molar-refractivity contribution in [3.8, 4) is 0 Å². The fourth-order valence-electron chi connectivity index (χ4n) is 2.27. The van der Waals surface area contributed by atoms with E-state index >= 15 is 0 Å². The molecule has 1 aromatic carbocycles. The number of Topliss-reactive ketones (excluding diaryl/α,β-unsaturated/α-hetero) is 2. The Morgan fingerprint density at radius 3 is 2.67 bits per heavy atom. The minimum Gasteiger partial charge on any atom is -0.296 e. The largest absolute Gasteiger partial charge is 0.299 e. The Kier molecular flexibility index (Phi) is 3.51. The summed E-state index contributed by atoms with van der Waals surface area (Å²) in [5, 5.41) is 0. The number of carbonyl (C=O) groups is 3. The summed E-state index contributed by atoms with van der Waals surface area (Å²) in [4.78, 5) is 39.2. The van der Waals surface area contributed by atoms with Crippen molar-refractivity contribution in [2.45, 2.75) is 6.92 Å². The lowest BCUT2D eigenvalue weighted by Gasteiger charge is -2.16. The average Bonchev–Trinajstić information content (AvgIpc) is 2.98. The van der Waals surface area contributed by atoms with E-state index in [1.165, 1.54) is 16.2 Å². The third-order valence-electron chi connectivity index (χ3n) is 3.26. The van der Waals surface area contributed by atoms with Gasteiger partial charge in [-0.2, -0.15) is 0 Å². The van der Waals surface area contributed by atoms with Crippen molar-refractivity contribution in [2.24, 2.45) is 0 Å². The first kappa shape index (κ1) is 14.2. The minimum absolute atomic E-state index is 0.125. The highest BCUT2D eigenvalue weighted by atomic mass is 79.9. The van der Waals surface area contributed by atoms with E-state index in [0.29, 0.717) is 20.6 Å². The van der Waals surface area contributed by atoms with E-state index in [2.05, 4.69) is 15.9 Å². The van der Waals surface area contributed by atoms with Crippen molar-refractivity contribution in [3.05, 3.63) is 50.1 Å². The van der Waals surface area contributed by atoms with Crippen LogP contribution in [0.1, 0.15) is 24.9 Å². The van der Waals surface area contributed by atoms with E-state index in [0.717, 1.165) is 4.88 Å². The molecule has 0 N–H and O–H groups in total. The Hall–Kier alpha value is -1.79. The minimum atomic E-state index is -0.654. The summed E-state index contributed by atoms with van der Waals surface area (Å²) in [5.41, 5.74) is 0.818. The van der Waals surface area contributed by atoms with Crippen LogP contribution in [0.2, 0.25) is 0 Å². The second-order valence-electron chi connectivity index (χ2n) is 4.69. The molecule has 0 bridgehead atoms. The molecule has 4 nitrogen and oxygen atoms in total. The SMILES string of the molecule is Cc1ccc(C(=O)CN2C(=O)C(=O)c3cccc(Br)c32)s1. The lowest BCUT2D eigenvalue weighted by molar-refractivity contribution is -0.114. The van der Waals surface area contributed by atoms with Crippen LogP contribution in [0, 0.1) is 6.92 Å². The van der Waals surface area contributed by atoms with E-state index in [-0.39, 0.29) is 12.3 Å². The Balaban J connectivity index is 1.95. The number of para-hydroxylation sites is 1. The number of amides is 1. The number of carbonyl (C=O) groups excluding carboxylic acids is 3. The van der Waals surface area contributed by atoms with Crippen molar-refractivity contribution in [1.82, 2.24) is 0 Å². The van der Waals surface area contributed by atoms with Crippen LogP contribution in [-0.4, -0.2) is 24.0 Å². The molecule has 0 saturated heterocycles. The average molecular weight is 364 g/mol. The van der Waals surface area contributed by atoms with Crippen molar-refractivity contribution in [2.75, 3.05) is 11.4 Å². The van der Waals surface area contributed by atoms with Gasteiger partial charge in [-0.15, -0.1) is 11.3 Å². The summed E-state index contributed by atoms with van der Waals surface area (Å²) in [6.07, 6.45) is 0. The van der Waals surface area contributed by atoms with E-state index < -0.39 is 11.7 Å². The molecule has 2 heterocycles. The molecule has 1 aliphatic heterocycles. The predicted molar refractivity (Wildman–Crippen MR) is 84.2 cm³/mol.